The average Bonchev–Trinajstić information content (AvgIpc) is 2.51. The van der Waals surface area contributed by atoms with Crippen LogP contribution in [0.5, 0.6) is 0 Å². The van der Waals surface area contributed by atoms with Crippen LogP contribution < -0.4 is 5.43 Å². The second-order valence-electron chi connectivity index (χ2n) is 5.97. The van der Waals surface area contributed by atoms with Gasteiger partial charge in [0.15, 0.2) is 6.29 Å². The molecule has 0 fully saturated rings. The Morgan fingerprint density at radius 3 is 2.08 bits per heavy atom. The molecule has 7 nitrogen and oxygen atoms in total. The number of carbonyl (C=O) groups is 3. The molecule has 0 heterocycles. The van der Waals surface area contributed by atoms with Crippen LogP contribution in [0.3, 0.4) is 0 Å². The van der Waals surface area contributed by atoms with Crippen molar-refractivity contribution in [2.75, 3.05) is 0 Å². The van der Waals surface area contributed by atoms with Gasteiger partial charge >= 0.3 is 12.2 Å². The lowest BCUT2D eigenvalue weighted by molar-refractivity contribution is -0.119. The third-order valence-electron chi connectivity index (χ3n) is 3.12. The van der Waals surface area contributed by atoms with E-state index < -0.39 is 23.8 Å². The summed E-state index contributed by atoms with van der Waals surface area (Å²) in [5.41, 5.74) is 1.37. The van der Waals surface area contributed by atoms with E-state index in [1.165, 1.54) is 6.92 Å². The minimum Gasteiger partial charge on any atom is -0.446 e. The molecule has 24 heavy (non-hydrogen) atoms. The highest BCUT2D eigenvalue weighted by atomic mass is 16.6. The Morgan fingerprint density at radius 2 is 1.62 bits per heavy atom. The molecular formula is C17H24N2O5. The van der Waals surface area contributed by atoms with Gasteiger partial charge in [0, 0.05) is 0 Å². The van der Waals surface area contributed by atoms with Crippen molar-refractivity contribution in [3.05, 3.63) is 35.9 Å². The van der Waals surface area contributed by atoms with E-state index >= 15 is 0 Å². The van der Waals surface area contributed by atoms with Crippen molar-refractivity contribution in [2.45, 2.75) is 52.4 Å². The molecule has 1 aromatic rings. The molecule has 0 bridgehead atoms. The Hall–Kier alpha value is -2.57. The van der Waals surface area contributed by atoms with E-state index in [4.69, 9.17) is 9.47 Å². The minimum atomic E-state index is -1.46. The fraction of sp³-hybridized carbons (Fsp3) is 0.471. The molecule has 0 aliphatic rings. The highest BCUT2D eigenvalue weighted by Crippen LogP contribution is 2.26. The van der Waals surface area contributed by atoms with E-state index in [0.29, 0.717) is 11.8 Å². The van der Waals surface area contributed by atoms with Crippen LogP contribution in [0.1, 0.15) is 40.2 Å². The number of carbonyl (C=O) groups excluding carboxylic acids is 3. The first-order chi connectivity index (χ1) is 11.2. The monoisotopic (exact) mass is 336 g/mol. The van der Waals surface area contributed by atoms with Gasteiger partial charge in [-0.05, 0) is 40.2 Å². The molecule has 1 N–H and O–H groups in total. The number of amides is 2. The molecule has 2 amide bonds. The molecule has 0 saturated heterocycles. The molecule has 132 valence electrons. The maximum atomic E-state index is 12.4. The molecule has 0 aliphatic carbocycles. The lowest BCUT2D eigenvalue weighted by Crippen LogP contribution is -2.58. The summed E-state index contributed by atoms with van der Waals surface area (Å²) < 4.78 is 10.1. The summed E-state index contributed by atoms with van der Waals surface area (Å²) in [5, 5.41) is 0.847. The normalized spacial score (nSPS) is 13.1. The number of ether oxygens (including phenoxy) is 2. The Balaban J connectivity index is 3.20. The molecule has 1 rings (SSSR count). The summed E-state index contributed by atoms with van der Waals surface area (Å²) >= 11 is 0. The molecule has 0 saturated carbocycles. The van der Waals surface area contributed by atoms with Crippen molar-refractivity contribution in [3.8, 4) is 0 Å². The molecule has 0 unspecified atom stereocenters. The van der Waals surface area contributed by atoms with E-state index in [-0.39, 0.29) is 6.10 Å². The molecule has 1 atom stereocenters. The first-order valence-electron chi connectivity index (χ1n) is 7.70. The number of benzene rings is 1. The van der Waals surface area contributed by atoms with Crippen LogP contribution >= 0.6 is 0 Å². The number of nitrogens with one attached hydrogen (secondary N) is 1. The Labute approximate surface area is 141 Å². The van der Waals surface area contributed by atoms with Gasteiger partial charge in [0.05, 0.1) is 12.2 Å². The summed E-state index contributed by atoms with van der Waals surface area (Å²) in [5.74, 6) is 0. The summed E-state index contributed by atoms with van der Waals surface area (Å²) in [7, 11) is 0. The molecule has 0 radical (unpaired) electrons. The molecular weight excluding hydrogens is 312 g/mol. The fourth-order valence-electron chi connectivity index (χ4n) is 1.96. The quantitative estimate of drug-likeness (QED) is 0.660. The third kappa shape index (κ3) is 4.97. The second kappa shape index (κ2) is 8.33. The van der Waals surface area contributed by atoms with Gasteiger partial charge < -0.3 is 14.3 Å². The van der Waals surface area contributed by atoms with Gasteiger partial charge in [-0.1, -0.05) is 30.3 Å². The predicted molar refractivity (Wildman–Crippen MR) is 88.1 cm³/mol. The number of aldehydes is 1. The number of hydrogen-bond donors (Lipinski definition) is 1. The van der Waals surface area contributed by atoms with E-state index in [0.717, 1.165) is 5.01 Å². The van der Waals surface area contributed by atoms with Crippen LogP contribution in [0.4, 0.5) is 9.59 Å². The van der Waals surface area contributed by atoms with Gasteiger partial charge in [0.1, 0.15) is 5.54 Å². The van der Waals surface area contributed by atoms with Gasteiger partial charge in [-0.15, -0.1) is 0 Å². The highest BCUT2D eigenvalue weighted by molar-refractivity contribution is 5.80. The van der Waals surface area contributed by atoms with Crippen molar-refractivity contribution >= 4 is 18.5 Å². The lowest BCUT2D eigenvalue weighted by Gasteiger charge is -2.36. The van der Waals surface area contributed by atoms with Crippen LogP contribution in [0.2, 0.25) is 0 Å². The third-order valence-corrected chi connectivity index (χ3v) is 3.12. The van der Waals surface area contributed by atoms with Crippen molar-refractivity contribution < 1.29 is 23.9 Å². The molecule has 7 heteroatoms. The Bertz CT molecular complexity index is 574. The predicted octanol–water partition coefficient (Wildman–Crippen LogP) is 3.00. The van der Waals surface area contributed by atoms with Crippen molar-refractivity contribution in [3.63, 3.8) is 0 Å². The molecule has 1 aromatic carbocycles. The number of nitrogens with zero attached hydrogens (tertiary/aromatic N) is 1. The Morgan fingerprint density at radius 1 is 1.08 bits per heavy atom. The zero-order chi connectivity index (χ0) is 18.3. The zero-order valence-electron chi connectivity index (χ0n) is 14.6. The van der Waals surface area contributed by atoms with Crippen LogP contribution in [-0.4, -0.2) is 35.7 Å². The first-order valence-corrected chi connectivity index (χ1v) is 7.70. The van der Waals surface area contributed by atoms with Crippen molar-refractivity contribution in [1.29, 1.82) is 0 Å². The summed E-state index contributed by atoms with van der Waals surface area (Å²) in [4.78, 5) is 36.2. The van der Waals surface area contributed by atoms with Gasteiger partial charge in [-0.2, -0.15) is 5.01 Å². The fourth-order valence-corrected chi connectivity index (χ4v) is 1.96. The van der Waals surface area contributed by atoms with E-state index in [2.05, 4.69) is 5.43 Å². The number of hydrazine groups is 1. The highest BCUT2D eigenvalue weighted by Gasteiger charge is 2.40. The summed E-state index contributed by atoms with van der Waals surface area (Å²) in [6.45, 7) is 8.19. The van der Waals surface area contributed by atoms with Crippen LogP contribution in [-0.2, 0) is 19.8 Å². The summed E-state index contributed by atoms with van der Waals surface area (Å²) in [6.07, 6.45) is -1.94. The maximum absolute atomic E-state index is 12.4. The standard InChI is InChI=1S/C17H24N2O5/c1-12(2)23-15(21)18-19(16(22)24-13(3)4)17(5,11-20)14-9-7-6-8-10-14/h6-13H,1-5H3,(H,18,21)/t17-/m1/s1. The lowest BCUT2D eigenvalue weighted by atomic mass is 9.93. The SMILES string of the molecule is CC(C)OC(=O)NN(C(=O)OC(C)C)[C@](C)(C=O)c1ccccc1. The minimum absolute atomic E-state index is 0.382. The smallest absolute Gasteiger partial charge is 0.430 e. The van der Waals surface area contributed by atoms with E-state index in [1.807, 2.05) is 0 Å². The van der Waals surface area contributed by atoms with Crippen LogP contribution in [0.25, 0.3) is 0 Å². The van der Waals surface area contributed by atoms with Gasteiger partial charge in [-0.25, -0.2) is 15.0 Å². The van der Waals surface area contributed by atoms with Crippen LogP contribution in [0, 0.1) is 0 Å². The second-order valence-corrected chi connectivity index (χ2v) is 5.97. The number of rotatable bonds is 5. The number of hydrogen-bond acceptors (Lipinski definition) is 5. The molecule has 0 aliphatic heterocycles. The topological polar surface area (TPSA) is 84.9 Å². The van der Waals surface area contributed by atoms with Gasteiger partial charge in [-0.3, -0.25) is 0 Å². The Kier molecular flexibility index (Phi) is 6.76. The van der Waals surface area contributed by atoms with Crippen molar-refractivity contribution in [2.24, 2.45) is 0 Å². The first kappa shape index (κ1) is 19.5. The zero-order valence-corrected chi connectivity index (χ0v) is 14.6. The summed E-state index contributed by atoms with van der Waals surface area (Å²) in [6, 6.07) is 8.61. The molecule has 0 spiro atoms. The van der Waals surface area contributed by atoms with Gasteiger partial charge in [0.25, 0.3) is 0 Å². The van der Waals surface area contributed by atoms with Crippen LogP contribution in [0.15, 0.2) is 30.3 Å². The molecule has 0 aromatic heterocycles. The van der Waals surface area contributed by atoms with Gasteiger partial charge in [0.2, 0.25) is 0 Å². The van der Waals surface area contributed by atoms with E-state index in [1.54, 1.807) is 58.0 Å². The van der Waals surface area contributed by atoms with E-state index in [9.17, 15) is 14.4 Å². The maximum Gasteiger partial charge on any atom is 0.430 e. The average molecular weight is 336 g/mol. The largest absolute Gasteiger partial charge is 0.446 e. The van der Waals surface area contributed by atoms with Crippen molar-refractivity contribution in [1.82, 2.24) is 10.4 Å².